The molecule has 1 atom stereocenters. The van der Waals surface area contributed by atoms with E-state index in [4.69, 9.17) is 5.11 Å². The largest absolute Gasteiger partial charge is 0.481 e. The summed E-state index contributed by atoms with van der Waals surface area (Å²) >= 11 is 0. The predicted molar refractivity (Wildman–Crippen MR) is 73.3 cm³/mol. The Hall–Kier alpha value is -1.92. The van der Waals surface area contributed by atoms with E-state index in [0.29, 0.717) is 5.82 Å². The molecule has 7 nitrogen and oxygen atoms in total. The molecule has 0 aliphatic rings. The lowest BCUT2D eigenvalue weighted by Gasteiger charge is -2.29. The predicted octanol–water partition coefficient (Wildman–Crippen LogP) is 1.38. The van der Waals surface area contributed by atoms with Crippen molar-refractivity contribution in [1.82, 2.24) is 20.5 Å². The minimum atomic E-state index is -0.952. The Morgan fingerprint density at radius 1 is 1.40 bits per heavy atom. The highest BCUT2D eigenvalue weighted by molar-refractivity contribution is 5.90. The summed E-state index contributed by atoms with van der Waals surface area (Å²) in [5.41, 5.74) is -0.364. The van der Waals surface area contributed by atoms with Crippen LogP contribution < -0.4 is 5.32 Å². The van der Waals surface area contributed by atoms with E-state index in [1.54, 1.807) is 0 Å². The van der Waals surface area contributed by atoms with Gasteiger partial charge in [-0.1, -0.05) is 27.7 Å². The number of carboxylic acids is 1. The van der Waals surface area contributed by atoms with Crippen LogP contribution in [-0.4, -0.2) is 38.2 Å². The van der Waals surface area contributed by atoms with Crippen LogP contribution >= 0.6 is 0 Å². The van der Waals surface area contributed by atoms with Crippen LogP contribution in [0.5, 0.6) is 0 Å². The Morgan fingerprint density at radius 3 is 2.55 bits per heavy atom. The van der Waals surface area contributed by atoms with Gasteiger partial charge in [0.15, 0.2) is 0 Å². The van der Waals surface area contributed by atoms with Gasteiger partial charge in [0, 0.05) is 12.5 Å². The molecule has 0 aliphatic carbocycles. The molecular weight excluding hydrogens is 260 g/mol. The van der Waals surface area contributed by atoms with Gasteiger partial charge in [0.05, 0.1) is 6.42 Å². The molecule has 0 saturated heterocycles. The van der Waals surface area contributed by atoms with Crippen LogP contribution in [0.25, 0.3) is 0 Å². The Labute approximate surface area is 118 Å². The first-order valence-electron chi connectivity index (χ1n) is 6.68. The van der Waals surface area contributed by atoms with E-state index >= 15 is 0 Å². The SMILES string of the molecule is CCCc1nc(C(=O)NC(CC(=O)O)C(C)(C)C)n[nH]1. The van der Waals surface area contributed by atoms with Crippen molar-refractivity contribution in [1.29, 1.82) is 0 Å². The highest BCUT2D eigenvalue weighted by atomic mass is 16.4. The number of nitrogens with zero attached hydrogens (tertiary/aromatic N) is 2. The van der Waals surface area contributed by atoms with Gasteiger partial charge in [-0.25, -0.2) is 4.98 Å². The quantitative estimate of drug-likeness (QED) is 0.730. The first-order chi connectivity index (χ1) is 9.24. The maximum absolute atomic E-state index is 12.1. The molecule has 1 heterocycles. The van der Waals surface area contributed by atoms with Crippen molar-refractivity contribution in [2.75, 3.05) is 0 Å². The van der Waals surface area contributed by atoms with Gasteiger partial charge < -0.3 is 10.4 Å². The molecule has 1 aromatic heterocycles. The van der Waals surface area contributed by atoms with E-state index in [1.165, 1.54) is 0 Å². The smallest absolute Gasteiger partial charge is 0.305 e. The van der Waals surface area contributed by atoms with E-state index in [-0.39, 0.29) is 17.7 Å². The second-order valence-electron chi connectivity index (χ2n) is 5.85. The number of carbonyl (C=O) groups excluding carboxylic acids is 1. The maximum atomic E-state index is 12.1. The molecule has 0 aromatic carbocycles. The molecule has 0 saturated carbocycles. The van der Waals surface area contributed by atoms with Crippen molar-refractivity contribution < 1.29 is 14.7 Å². The summed E-state index contributed by atoms with van der Waals surface area (Å²) in [6.07, 6.45) is 1.49. The molecule has 0 fully saturated rings. The lowest BCUT2D eigenvalue weighted by atomic mass is 9.84. The molecular formula is C13H22N4O3. The zero-order valence-electron chi connectivity index (χ0n) is 12.4. The van der Waals surface area contributed by atoms with Gasteiger partial charge in [-0.2, -0.15) is 0 Å². The average Bonchev–Trinajstić information content (AvgIpc) is 2.75. The van der Waals surface area contributed by atoms with Crippen molar-refractivity contribution in [3.05, 3.63) is 11.6 Å². The van der Waals surface area contributed by atoms with Gasteiger partial charge in [-0.05, 0) is 11.8 Å². The summed E-state index contributed by atoms with van der Waals surface area (Å²) in [5, 5.41) is 18.2. The minimum Gasteiger partial charge on any atom is -0.481 e. The maximum Gasteiger partial charge on any atom is 0.305 e. The number of aliphatic carboxylic acids is 1. The molecule has 1 unspecified atom stereocenters. The summed E-state index contributed by atoms with van der Waals surface area (Å²) in [6, 6.07) is -0.486. The summed E-state index contributed by atoms with van der Waals surface area (Å²) in [6.45, 7) is 7.63. The molecule has 1 rings (SSSR count). The number of aromatic nitrogens is 3. The van der Waals surface area contributed by atoms with Gasteiger partial charge in [-0.3, -0.25) is 14.7 Å². The highest BCUT2D eigenvalue weighted by Crippen LogP contribution is 2.22. The number of aryl methyl sites for hydroxylation is 1. The topological polar surface area (TPSA) is 108 Å². The average molecular weight is 282 g/mol. The number of carbonyl (C=O) groups is 2. The summed E-state index contributed by atoms with van der Waals surface area (Å²) in [5.74, 6) is -0.701. The molecule has 7 heteroatoms. The third kappa shape index (κ3) is 4.64. The lowest BCUT2D eigenvalue weighted by Crippen LogP contribution is -2.45. The highest BCUT2D eigenvalue weighted by Gasteiger charge is 2.29. The van der Waals surface area contributed by atoms with E-state index in [1.807, 2.05) is 27.7 Å². The number of H-pyrrole nitrogens is 1. The van der Waals surface area contributed by atoms with Crippen LogP contribution in [0.4, 0.5) is 0 Å². The first-order valence-corrected chi connectivity index (χ1v) is 6.68. The Bertz CT molecular complexity index is 476. The van der Waals surface area contributed by atoms with Crippen LogP contribution in [0.1, 0.15) is 57.0 Å². The number of amides is 1. The normalized spacial score (nSPS) is 13.0. The van der Waals surface area contributed by atoms with Crippen molar-refractivity contribution in [3.8, 4) is 0 Å². The van der Waals surface area contributed by atoms with E-state index < -0.39 is 17.9 Å². The first kappa shape index (κ1) is 16.1. The lowest BCUT2D eigenvalue weighted by molar-refractivity contribution is -0.138. The van der Waals surface area contributed by atoms with Gasteiger partial charge >= 0.3 is 5.97 Å². The number of hydrogen-bond acceptors (Lipinski definition) is 4. The standard InChI is InChI=1S/C13H22N4O3/c1-5-6-9-15-11(17-16-9)12(20)14-8(7-10(18)19)13(2,3)4/h8H,5-7H2,1-4H3,(H,14,20)(H,18,19)(H,15,16,17). The number of carboxylic acid groups (broad SMARTS) is 1. The van der Waals surface area contributed by atoms with Crippen molar-refractivity contribution >= 4 is 11.9 Å². The van der Waals surface area contributed by atoms with Crippen LogP contribution in [0.3, 0.4) is 0 Å². The van der Waals surface area contributed by atoms with E-state index in [0.717, 1.165) is 12.8 Å². The fraction of sp³-hybridized carbons (Fsp3) is 0.692. The molecule has 0 spiro atoms. The second-order valence-corrected chi connectivity index (χ2v) is 5.85. The zero-order chi connectivity index (χ0) is 15.3. The van der Waals surface area contributed by atoms with Crippen LogP contribution in [-0.2, 0) is 11.2 Å². The van der Waals surface area contributed by atoms with Gasteiger partial charge in [0.25, 0.3) is 5.91 Å². The van der Waals surface area contributed by atoms with Crippen molar-refractivity contribution in [2.24, 2.45) is 5.41 Å². The molecule has 0 bridgehead atoms. The van der Waals surface area contributed by atoms with Gasteiger partial charge in [-0.15, -0.1) is 5.10 Å². The van der Waals surface area contributed by atoms with Gasteiger partial charge in [0.2, 0.25) is 5.82 Å². The second kappa shape index (κ2) is 6.49. The third-order valence-corrected chi connectivity index (χ3v) is 2.95. The molecule has 0 aliphatic heterocycles. The van der Waals surface area contributed by atoms with Crippen LogP contribution in [0.2, 0.25) is 0 Å². The Morgan fingerprint density at radius 2 is 2.05 bits per heavy atom. The number of rotatable bonds is 6. The molecule has 20 heavy (non-hydrogen) atoms. The zero-order valence-corrected chi connectivity index (χ0v) is 12.4. The molecule has 112 valence electrons. The molecule has 3 N–H and O–H groups in total. The fourth-order valence-corrected chi connectivity index (χ4v) is 1.72. The molecule has 1 amide bonds. The third-order valence-electron chi connectivity index (χ3n) is 2.95. The number of hydrogen-bond donors (Lipinski definition) is 3. The summed E-state index contributed by atoms with van der Waals surface area (Å²) < 4.78 is 0. The van der Waals surface area contributed by atoms with E-state index in [2.05, 4.69) is 20.5 Å². The Balaban J connectivity index is 2.76. The number of nitrogens with one attached hydrogen (secondary N) is 2. The van der Waals surface area contributed by atoms with Crippen molar-refractivity contribution in [2.45, 2.75) is 53.0 Å². The van der Waals surface area contributed by atoms with Crippen molar-refractivity contribution in [3.63, 3.8) is 0 Å². The molecule has 1 aromatic rings. The fourth-order valence-electron chi connectivity index (χ4n) is 1.72. The van der Waals surface area contributed by atoms with Crippen LogP contribution in [0.15, 0.2) is 0 Å². The summed E-state index contributed by atoms with van der Waals surface area (Å²) in [7, 11) is 0. The minimum absolute atomic E-state index is 0.0492. The summed E-state index contributed by atoms with van der Waals surface area (Å²) in [4.78, 5) is 27.0. The van der Waals surface area contributed by atoms with Crippen LogP contribution in [0, 0.1) is 5.41 Å². The number of aromatic amines is 1. The monoisotopic (exact) mass is 282 g/mol. The van der Waals surface area contributed by atoms with Gasteiger partial charge in [0.1, 0.15) is 5.82 Å². The molecule has 0 radical (unpaired) electrons. The Kier molecular flexibility index (Phi) is 5.24. The van der Waals surface area contributed by atoms with E-state index in [9.17, 15) is 9.59 Å².